The molecule has 2 aromatic rings. The Hall–Kier alpha value is -2.45. The fourth-order valence-corrected chi connectivity index (χ4v) is 3.17. The molecule has 0 bridgehead atoms. The molecule has 7 nitrogen and oxygen atoms in total. The lowest BCUT2D eigenvalue weighted by atomic mass is 10.1. The quantitative estimate of drug-likeness (QED) is 0.493. The van der Waals surface area contributed by atoms with Crippen molar-refractivity contribution in [2.24, 2.45) is 0 Å². The van der Waals surface area contributed by atoms with Gasteiger partial charge in [0.15, 0.2) is 5.69 Å². The average Bonchev–Trinajstić information content (AvgIpc) is 3.14. The molecule has 8 heteroatoms. The number of thiazole rings is 1. The maximum absolute atomic E-state index is 13.0. The largest absolute Gasteiger partial charge is 0.496 e. The van der Waals surface area contributed by atoms with Gasteiger partial charge in [-0.25, -0.2) is 9.78 Å². The van der Waals surface area contributed by atoms with E-state index >= 15 is 0 Å². The molecule has 1 heterocycles. The van der Waals surface area contributed by atoms with E-state index in [-0.39, 0.29) is 11.6 Å². The van der Waals surface area contributed by atoms with Crippen LogP contribution in [-0.2, 0) is 16.0 Å². The molecule has 0 aliphatic rings. The topological polar surface area (TPSA) is 78.0 Å². The zero-order chi connectivity index (χ0) is 18.9. The summed E-state index contributed by atoms with van der Waals surface area (Å²) in [5.41, 5.74) is 0.728. The lowest BCUT2D eigenvalue weighted by Crippen LogP contribution is -2.32. The molecule has 0 spiro atoms. The van der Waals surface area contributed by atoms with Gasteiger partial charge in [-0.2, -0.15) is 0 Å². The van der Waals surface area contributed by atoms with E-state index in [1.54, 1.807) is 35.6 Å². The van der Waals surface area contributed by atoms with Gasteiger partial charge in [0.2, 0.25) is 0 Å². The molecule has 0 unspecified atom stereocenters. The summed E-state index contributed by atoms with van der Waals surface area (Å²) in [6.07, 6.45) is 0.687. The molecule has 0 aliphatic heterocycles. The van der Waals surface area contributed by atoms with Crippen molar-refractivity contribution in [2.75, 3.05) is 34.5 Å². The predicted octanol–water partition coefficient (Wildman–Crippen LogP) is 2.62. The third-order valence-electron chi connectivity index (χ3n) is 3.67. The van der Waals surface area contributed by atoms with E-state index in [4.69, 9.17) is 9.47 Å². The molecule has 1 aromatic carbocycles. The van der Waals surface area contributed by atoms with Crippen LogP contribution < -0.4 is 4.74 Å². The monoisotopic (exact) mass is 378 g/mol. The van der Waals surface area contributed by atoms with E-state index in [0.717, 1.165) is 0 Å². The molecule has 0 atom stereocenters. The van der Waals surface area contributed by atoms with Crippen molar-refractivity contribution in [1.29, 1.82) is 0 Å². The van der Waals surface area contributed by atoms with Crippen LogP contribution in [0.5, 0.6) is 5.75 Å². The first kappa shape index (κ1) is 19.9. The fraction of sp³-hybridized carbons (Fsp3) is 0.389. The van der Waals surface area contributed by atoms with E-state index in [0.29, 0.717) is 42.4 Å². The minimum atomic E-state index is -0.491. The summed E-state index contributed by atoms with van der Waals surface area (Å²) in [4.78, 5) is 30.5. The van der Waals surface area contributed by atoms with Crippen molar-refractivity contribution in [3.63, 3.8) is 0 Å². The molecule has 0 radical (unpaired) electrons. The Bertz CT molecular complexity index is 747. The normalized spacial score (nSPS) is 10.4. The third kappa shape index (κ3) is 5.03. The number of ether oxygens (including phenoxy) is 3. The van der Waals surface area contributed by atoms with E-state index in [2.05, 4.69) is 9.72 Å². The first-order valence-electron chi connectivity index (χ1n) is 8.04. The highest BCUT2D eigenvalue weighted by Gasteiger charge is 2.21. The number of hydrogen-bond acceptors (Lipinski definition) is 7. The summed E-state index contributed by atoms with van der Waals surface area (Å²) in [7, 11) is 4.46. The van der Waals surface area contributed by atoms with Gasteiger partial charge in [0.05, 0.1) is 26.3 Å². The summed E-state index contributed by atoms with van der Waals surface area (Å²) in [5.74, 6) is -0.133. The van der Waals surface area contributed by atoms with E-state index in [1.807, 2.05) is 6.07 Å². The van der Waals surface area contributed by atoms with Crippen molar-refractivity contribution < 1.29 is 23.8 Å². The maximum atomic E-state index is 13.0. The molecular formula is C18H22N2O5S. The van der Waals surface area contributed by atoms with Gasteiger partial charge >= 0.3 is 5.97 Å². The summed E-state index contributed by atoms with van der Waals surface area (Å²) in [6, 6.07) is 7.09. The van der Waals surface area contributed by atoms with E-state index < -0.39 is 5.97 Å². The molecule has 0 saturated heterocycles. The average molecular weight is 378 g/mol. The summed E-state index contributed by atoms with van der Waals surface area (Å²) < 4.78 is 15.1. The zero-order valence-corrected chi connectivity index (χ0v) is 15.9. The van der Waals surface area contributed by atoms with Crippen molar-refractivity contribution in [3.05, 3.63) is 45.9 Å². The molecule has 0 saturated carbocycles. The van der Waals surface area contributed by atoms with Crippen molar-refractivity contribution in [2.45, 2.75) is 13.0 Å². The second kappa shape index (κ2) is 9.88. The van der Waals surface area contributed by atoms with Crippen LogP contribution in [0.15, 0.2) is 29.6 Å². The number of hydrogen-bond donors (Lipinski definition) is 0. The minimum Gasteiger partial charge on any atom is -0.496 e. The van der Waals surface area contributed by atoms with Crippen molar-refractivity contribution >= 4 is 23.2 Å². The Labute approximate surface area is 156 Å². The van der Waals surface area contributed by atoms with Crippen LogP contribution in [0.3, 0.4) is 0 Å². The summed E-state index contributed by atoms with van der Waals surface area (Å²) in [6.45, 7) is 1.33. The molecule has 0 fully saturated rings. The number of nitrogens with zero attached hydrogens (tertiary/aromatic N) is 2. The van der Waals surface area contributed by atoms with Gasteiger partial charge in [-0.15, -0.1) is 11.3 Å². The second-order valence-corrected chi connectivity index (χ2v) is 6.33. The van der Waals surface area contributed by atoms with Crippen LogP contribution >= 0.6 is 11.3 Å². The SMILES string of the molecule is COCCCN(Cc1nc(C(=O)OC)cs1)C(=O)c1ccccc1OC. The van der Waals surface area contributed by atoms with Gasteiger partial charge in [-0.1, -0.05) is 12.1 Å². The van der Waals surface area contributed by atoms with Crippen LogP contribution in [0.4, 0.5) is 0 Å². The van der Waals surface area contributed by atoms with Gasteiger partial charge in [0, 0.05) is 25.6 Å². The first-order chi connectivity index (χ1) is 12.6. The zero-order valence-electron chi connectivity index (χ0n) is 15.1. The fourth-order valence-electron chi connectivity index (χ4n) is 2.39. The highest BCUT2D eigenvalue weighted by molar-refractivity contribution is 7.09. The molecule has 26 heavy (non-hydrogen) atoms. The van der Waals surface area contributed by atoms with Crippen LogP contribution in [0.1, 0.15) is 32.3 Å². The predicted molar refractivity (Wildman–Crippen MR) is 97.7 cm³/mol. The Morgan fingerprint density at radius 3 is 2.65 bits per heavy atom. The number of para-hydroxylation sites is 1. The second-order valence-electron chi connectivity index (χ2n) is 5.39. The molecule has 1 amide bonds. The number of esters is 1. The minimum absolute atomic E-state index is 0.159. The number of aromatic nitrogens is 1. The lowest BCUT2D eigenvalue weighted by molar-refractivity contribution is 0.0594. The molecule has 1 aromatic heterocycles. The number of carbonyl (C=O) groups is 2. The lowest BCUT2D eigenvalue weighted by Gasteiger charge is -2.22. The summed E-state index contributed by atoms with van der Waals surface area (Å²) >= 11 is 1.32. The van der Waals surface area contributed by atoms with Gasteiger partial charge in [-0.3, -0.25) is 4.79 Å². The highest BCUT2D eigenvalue weighted by atomic mass is 32.1. The molecular weight excluding hydrogens is 356 g/mol. The number of carbonyl (C=O) groups excluding carboxylic acids is 2. The number of methoxy groups -OCH3 is 3. The standard InChI is InChI=1S/C18H22N2O5S/c1-23-10-6-9-20(11-16-19-14(12-26-16)18(22)25-3)17(21)13-7-4-5-8-15(13)24-2/h4-5,7-8,12H,6,9-11H2,1-3H3. The van der Waals surface area contributed by atoms with Crippen LogP contribution in [0.2, 0.25) is 0 Å². The molecule has 0 aliphatic carbocycles. The van der Waals surface area contributed by atoms with Gasteiger partial charge in [-0.05, 0) is 18.6 Å². The van der Waals surface area contributed by atoms with E-state index in [1.165, 1.54) is 25.6 Å². The highest BCUT2D eigenvalue weighted by Crippen LogP contribution is 2.21. The number of rotatable bonds is 9. The number of amides is 1. The molecule has 0 N–H and O–H groups in total. The summed E-state index contributed by atoms with van der Waals surface area (Å²) in [5, 5.41) is 2.29. The Kier molecular flexibility index (Phi) is 7.55. The Morgan fingerprint density at radius 1 is 1.19 bits per heavy atom. The molecule has 140 valence electrons. The number of benzene rings is 1. The Morgan fingerprint density at radius 2 is 1.96 bits per heavy atom. The van der Waals surface area contributed by atoms with Crippen LogP contribution in [0, 0.1) is 0 Å². The molecule has 2 rings (SSSR count). The maximum Gasteiger partial charge on any atom is 0.357 e. The first-order valence-corrected chi connectivity index (χ1v) is 8.92. The van der Waals surface area contributed by atoms with Gasteiger partial charge in [0.25, 0.3) is 5.91 Å². The van der Waals surface area contributed by atoms with Gasteiger partial charge < -0.3 is 19.1 Å². The Balaban J connectivity index is 2.20. The smallest absolute Gasteiger partial charge is 0.357 e. The van der Waals surface area contributed by atoms with E-state index in [9.17, 15) is 9.59 Å². The van der Waals surface area contributed by atoms with Crippen LogP contribution in [-0.4, -0.2) is 56.2 Å². The third-order valence-corrected chi connectivity index (χ3v) is 4.51. The van der Waals surface area contributed by atoms with Crippen molar-refractivity contribution in [3.8, 4) is 5.75 Å². The van der Waals surface area contributed by atoms with Gasteiger partial charge in [0.1, 0.15) is 10.8 Å². The van der Waals surface area contributed by atoms with Crippen LogP contribution in [0.25, 0.3) is 0 Å². The van der Waals surface area contributed by atoms with Crippen molar-refractivity contribution in [1.82, 2.24) is 9.88 Å².